The van der Waals surface area contributed by atoms with Gasteiger partial charge in [0, 0.05) is 12.1 Å². The number of anilines is 1. The summed E-state index contributed by atoms with van der Waals surface area (Å²) in [7, 11) is -1.15. The maximum absolute atomic E-state index is 13.7. The number of ether oxygens (including phenoxy) is 3. The second kappa shape index (κ2) is 10.1. The smallest absolute Gasteiger partial charge is 0.264 e. The van der Waals surface area contributed by atoms with E-state index in [2.05, 4.69) is 5.32 Å². The standard InChI is InChI=1S/C25H32N2O6S/c1-4-33-20-9-7-19(8-10-20)27(16-25(28)26-22-14-17-5-6-18(22)13-17)34(29,30)21-11-12-23(31-2)24(15-21)32-3/h7-12,15,17-18,22H,4-6,13-14,16H2,1-3H3,(H,26,28)/t17-,18-,22-/m1/s1. The summed E-state index contributed by atoms with van der Waals surface area (Å²) in [5.74, 6) is 2.20. The van der Waals surface area contributed by atoms with Crippen LogP contribution in [0.5, 0.6) is 17.2 Å². The van der Waals surface area contributed by atoms with Crippen molar-refractivity contribution in [1.82, 2.24) is 5.32 Å². The first-order valence-electron chi connectivity index (χ1n) is 11.6. The highest BCUT2D eigenvalue weighted by atomic mass is 32.2. The van der Waals surface area contributed by atoms with Crippen molar-refractivity contribution in [2.24, 2.45) is 11.8 Å². The molecule has 0 unspecified atom stereocenters. The molecule has 2 fully saturated rings. The van der Waals surface area contributed by atoms with Crippen LogP contribution in [0.25, 0.3) is 0 Å². The molecule has 9 heteroatoms. The van der Waals surface area contributed by atoms with Gasteiger partial charge < -0.3 is 19.5 Å². The number of hydrogen-bond acceptors (Lipinski definition) is 6. The lowest BCUT2D eigenvalue weighted by Gasteiger charge is -2.27. The molecular formula is C25H32N2O6S. The van der Waals surface area contributed by atoms with Crippen LogP contribution in [0.15, 0.2) is 47.4 Å². The Bertz CT molecular complexity index is 1120. The molecule has 2 bridgehead atoms. The van der Waals surface area contributed by atoms with Crippen molar-refractivity contribution in [3.63, 3.8) is 0 Å². The van der Waals surface area contributed by atoms with Crippen molar-refractivity contribution in [3.05, 3.63) is 42.5 Å². The Kier molecular flexibility index (Phi) is 7.21. The summed E-state index contributed by atoms with van der Waals surface area (Å²) in [6.45, 7) is 2.05. The molecule has 2 aromatic carbocycles. The lowest BCUT2D eigenvalue weighted by Crippen LogP contribution is -2.46. The van der Waals surface area contributed by atoms with E-state index in [0.717, 1.165) is 23.6 Å². The Balaban J connectivity index is 1.63. The quantitative estimate of drug-likeness (QED) is 0.549. The number of benzene rings is 2. The first kappa shape index (κ1) is 24.2. The van der Waals surface area contributed by atoms with Gasteiger partial charge in [-0.05, 0) is 74.4 Å². The highest BCUT2D eigenvalue weighted by Crippen LogP contribution is 2.44. The van der Waals surface area contributed by atoms with E-state index in [1.807, 2.05) is 6.92 Å². The third kappa shape index (κ3) is 4.94. The van der Waals surface area contributed by atoms with Crippen LogP contribution in [0.2, 0.25) is 0 Å². The number of fused-ring (bicyclic) bond motifs is 2. The number of hydrogen-bond donors (Lipinski definition) is 1. The van der Waals surface area contributed by atoms with E-state index >= 15 is 0 Å². The highest BCUT2D eigenvalue weighted by Gasteiger charge is 2.40. The Labute approximate surface area is 201 Å². The second-order valence-electron chi connectivity index (χ2n) is 8.80. The van der Waals surface area contributed by atoms with Crippen molar-refractivity contribution in [3.8, 4) is 17.2 Å². The molecule has 4 rings (SSSR count). The largest absolute Gasteiger partial charge is 0.494 e. The fourth-order valence-corrected chi connectivity index (χ4v) is 6.54. The zero-order chi connectivity index (χ0) is 24.3. The SMILES string of the molecule is CCOc1ccc(N(CC(=O)N[C@@H]2C[C@@H]3CC[C@@H]2C3)S(=O)(=O)c2ccc(OC)c(OC)c2)cc1. The number of methoxy groups -OCH3 is 2. The molecule has 0 saturated heterocycles. The number of nitrogens with one attached hydrogen (secondary N) is 1. The summed E-state index contributed by atoms with van der Waals surface area (Å²) in [6.07, 6.45) is 4.48. The molecule has 0 heterocycles. The number of rotatable bonds is 10. The van der Waals surface area contributed by atoms with Gasteiger partial charge in [-0.15, -0.1) is 0 Å². The molecule has 0 aliphatic heterocycles. The van der Waals surface area contributed by atoms with Gasteiger partial charge in [0.15, 0.2) is 11.5 Å². The molecule has 2 saturated carbocycles. The Morgan fingerprint density at radius 1 is 1.03 bits per heavy atom. The monoisotopic (exact) mass is 488 g/mol. The highest BCUT2D eigenvalue weighted by molar-refractivity contribution is 7.92. The van der Waals surface area contributed by atoms with Crippen LogP contribution < -0.4 is 23.8 Å². The zero-order valence-corrected chi connectivity index (χ0v) is 20.6. The van der Waals surface area contributed by atoms with E-state index in [9.17, 15) is 13.2 Å². The minimum absolute atomic E-state index is 0.00626. The van der Waals surface area contributed by atoms with E-state index in [-0.39, 0.29) is 23.4 Å². The van der Waals surface area contributed by atoms with Gasteiger partial charge >= 0.3 is 0 Å². The van der Waals surface area contributed by atoms with Crippen molar-refractivity contribution in [2.75, 3.05) is 31.7 Å². The minimum Gasteiger partial charge on any atom is -0.494 e. The first-order valence-corrected chi connectivity index (χ1v) is 13.1. The normalized spacial score (nSPS) is 21.2. The van der Waals surface area contributed by atoms with Crippen molar-refractivity contribution >= 4 is 21.6 Å². The van der Waals surface area contributed by atoms with Gasteiger partial charge in [-0.25, -0.2) is 8.42 Å². The summed E-state index contributed by atoms with van der Waals surface area (Å²) < 4.78 is 44.6. The van der Waals surface area contributed by atoms with Gasteiger partial charge in [0.25, 0.3) is 10.0 Å². The maximum Gasteiger partial charge on any atom is 0.264 e. The molecule has 184 valence electrons. The number of carbonyl (C=O) groups is 1. The molecule has 2 aliphatic carbocycles. The number of sulfonamides is 1. The molecule has 0 radical (unpaired) electrons. The average molecular weight is 489 g/mol. The molecule has 3 atom stereocenters. The van der Waals surface area contributed by atoms with Crippen LogP contribution in [0.1, 0.15) is 32.6 Å². The molecule has 1 N–H and O–H groups in total. The lowest BCUT2D eigenvalue weighted by atomic mass is 9.95. The van der Waals surface area contributed by atoms with Gasteiger partial charge in [0.1, 0.15) is 12.3 Å². The Morgan fingerprint density at radius 3 is 2.35 bits per heavy atom. The summed E-state index contributed by atoms with van der Waals surface area (Å²) in [5.41, 5.74) is 0.376. The molecule has 1 amide bonds. The van der Waals surface area contributed by atoms with Crippen molar-refractivity contribution in [2.45, 2.75) is 43.5 Å². The van der Waals surface area contributed by atoms with E-state index in [1.165, 1.54) is 38.8 Å². The molecule has 0 aromatic heterocycles. The Hall–Kier alpha value is -2.94. The third-order valence-electron chi connectivity index (χ3n) is 6.75. The molecule has 2 aliphatic rings. The average Bonchev–Trinajstić information content (AvgIpc) is 3.46. The van der Waals surface area contributed by atoms with E-state index in [4.69, 9.17) is 14.2 Å². The van der Waals surface area contributed by atoms with Gasteiger partial charge in [-0.3, -0.25) is 9.10 Å². The van der Waals surface area contributed by atoms with E-state index in [1.54, 1.807) is 24.3 Å². The predicted octanol–water partition coefficient (Wildman–Crippen LogP) is 3.60. The lowest BCUT2D eigenvalue weighted by molar-refractivity contribution is -0.120. The number of carbonyl (C=O) groups excluding carboxylic acids is 1. The predicted molar refractivity (Wildman–Crippen MR) is 129 cm³/mol. The third-order valence-corrected chi connectivity index (χ3v) is 8.52. The fourth-order valence-electron chi connectivity index (χ4n) is 5.10. The molecule has 2 aromatic rings. The van der Waals surface area contributed by atoms with Crippen LogP contribution in [-0.2, 0) is 14.8 Å². The topological polar surface area (TPSA) is 94.2 Å². The molecule has 0 spiro atoms. The molecule has 34 heavy (non-hydrogen) atoms. The van der Waals surface area contributed by atoms with E-state index < -0.39 is 10.0 Å². The summed E-state index contributed by atoms with van der Waals surface area (Å²) in [6, 6.07) is 11.2. The van der Waals surface area contributed by atoms with Gasteiger partial charge in [-0.1, -0.05) is 6.42 Å². The Morgan fingerprint density at radius 2 is 1.76 bits per heavy atom. The van der Waals surface area contributed by atoms with Gasteiger partial charge in [0.2, 0.25) is 5.91 Å². The first-order chi connectivity index (χ1) is 16.3. The summed E-state index contributed by atoms with van der Waals surface area (Å²) >= 11 is 0. The second-order valence-corrected chi connectivity index (χ2v) is 10.7. The van der Waals surface area contributed by atoms with Crippen LogP contribution in [0, 0.1) is 11.8 Å². The fraction of sp³-hybridized carbons (Fsp3) is 0.480. The van der Waals surface area contributed by atoms with Crippen LogP contribution in [0.4, 0.5) is 5.69 Å². The van der Waals surface area contributed by atoms with Crippen molar-refractivity contribution in [1.29, 1.82) is 0 Å². The number of nitrogens with zero attached hydrogens (tertiary/aromatic N) is 1. The summed E-state index contributed by atoms with van der Waals surface area (Å²) in [4.78, 5) is 13.0. The minimum atomic E-state index is -4.08. The van der Waals surface area contributed by atoms with Crippen LogP contribution >= 0.6 is 0 Å². The molecule has 8 nitrogen and oxygen atoms in total. The van der Waals surface area contributed by atoms with Crippen LogP contribution in [-0.4, -0.2) is 47.7 Å². The van der Waals surface area contributed by atoms with Crippen molar-refractivity contribution < 1.29 is 27.4 Å². The van der Waals surface area contributed by atoms with Crippen LogP contribution in [0.3, 0.4) is 0 Å². The molecular weight excluding hydrogens is 456 g/mol. The number of amides is 1. The summed E-state index contributed by atoms with van der Waals surface area (Å²) in [5, 5.41) is 3.09. The zero-order valence-electron chi connectivity index (χ0n) is 19.8. The van der Waals surface area contributed by atoms with E-state index in [0.29, 0.717) is 41.4 Å². The maximum atomic E-state index is 13.7. The van der Waals surface area contributed by atoms with Gasteiger partial charge in [0.05, 0.1) is 31.4 Å². The van der Waals surface area contributed by atoms with Gasteiger partial charge in [-0.2, -0.15) is 0 Å².